The third-order valence-corrected chi connectivity index (χ3v) is 5.79. The summed E-state index contributed by atoms with van der Waals surface area (Å²) in [7, 11) is 0. The summed E-state index contributed by atoms with van der Waals surface area (Å²) in [6, 6.07) is 1.43. The summed E-state index contributed by atoms with van der Waals surface area (Å²) in [6.07, 6.45) is -0.494. The highest BCUT2D eigenvalue weighted by Gasteiger charge is 2.34. The molecule has 35 heavy (non-hydrogen) atoms. The lowest BCUT2D eigenvalue weighted by Gasteiger charge is -2.35. The number of morpholine rings is 1. The second-order valence-electron chi connectivity index (χ2n) is 8.27. The van der Waals surface area contributed by atoms with Crippen LogP contribution in [0.15, 0.2) is 12.1 Å². The molecule has 2 N–H and O–H groups in total. The van der Waals surface area contributed by atoms with Crippen molar-refractivity contribution in [3.05, 3.63) is 35.0 Å². The first-order valence-electron chi connectivity index (χ1n) is 11.5. The Kier molecular flexibility index (Phi) is 7.29. The van der Waals surface area contributed by atoms with Gasteiger partial charge in [-0.1, -0.05) is 0 Å². The van der Waals surface area contributed by atoms with Crippen molar-refractivity contribution in [3.8, 4) is 11.4 Å². The normalized spacial score (nSPS) is 17.2. The van der Waals surface area contributed by atoms with E-state index in [4.69, 9.17) is 9.47 Å². The van der Waals surface area contributed by atoms with E-state index >= 15 is 8.78 Å². The molecule has 3 heterocycles. The lowest BCUT2D eigenvalue weighted by molar-refractivity contribution is 0.0980. The molecule has 2 aromatic rings. The molecule has 0 unspecified atom stereocenters. The average molecular weight is 491 g/mol. The van der Waals surface area contributed by atoms with Crippen LogP contribution in [0.2, 0.25) is 0 Å². The Morgan fingerprint density at radius 3 is 2.60 bits per heavy atom. The highest BCUT2D eigenvalue weighted by Crippen LogP contribution is 2.35. The zero-order chi connectivity index (χ0) is 25.1. The summed E-state index contributed by atoms with van der Waals surface area (Å²) >= 11 is 0. The van der Waals surface area contributed by atoms with Crippen molar-refractivity contribution >= 4 is 23.6 Å². The molecule has 188 valence electrons. The van der Waals surface area contributed by atoms with Crippen LogP contribution in [0.4, 0.5) is 29.9 Å². The first-order valence-corrected chi connectivity index (χ1v) is 11.5. The molecule has 0 radical (unpaired) electrons. The number of carbonyl (C=O) groups is 2. The number of urea groups is 1. The Labute approximate surface area is 201 Å². The quantitative estimate of drug-likeness (QED) is 0.662. The number of aromatic nitrogens is 2. The average Bonchev–Trinajstić information content (AvgIpc) is 3.23. The summed E-state index contributed by atoms with van der Waals surface area (Å²) in [4.78, 5) is 36.6. The van der Waals surface area contributed by atoms with Crippen LogP contribution in [0.5, 0.6) is 0 Å². The Hall–Kier alpha value is -3.54. The molecule has 0 bridgehead atoms. The van der Waals surface area contributed by atoms with Crippen LogP contribution in [-0.2, 0) is 22.6 Å². The zero-order valence-electron chi connectivity index (χ0n) is 19.9. The van der Waals surface area contributed by atoms with Crippen molar-refractivity contribution in [1.29, 1.82) is 0 Å². The molecule has 1 aromatic carbocycles. The Balaban J connectivity index is 1.75. The van der Waals surface area contributed by atoms with Crippen LogP contribution >= 0.6 is 0 Å². The van der Waals surface area contributed by atoms with Crippen molar-refractivity contribution in [1.82, 2.24) is 20.2 Å². The molecule has 4 rings (SSSR count). The second-order valence-corrected chi connectivity index (χ2v) is 8.27. The predicted molar refractivity (Wildman–Crippen MR) is 124 cm³/mol. The van der Waals surface area contributed by atoms with Crippen molar-refractivity contribution in [3.63, 3.8) is 0 Å². The van der Waals surface area contributed by atoms with Gasteiger partial charge in [0, 0.05) is 24.3 Å². The van der Waals surface area contributed by atoms with Gasteiger partial charge in [0.05, 0.1) is 50.2 Å². The fourth-order valence-electron chi connectivity index (χ4n) is 4.17. The molecule has 1 aromatic heterocycles. The van der Waals surface area contributed by atoms with Gasteiger partial charge in [0.15, 0.2) is 5.82 Å². The molecule has 12 heteroatoms. The smallest absolute Gasteiger partial charge is 0.410 e. The fourth-order valence-corrected chi connectivity index (χ4v) is 4.17. The molecule has 1 fully saturated rings. The van der Waals surface area contributed by atoms with Gasteiger partial charge in [-0.25, -0.2) is 28.3 Å². The van der Waals surface area contributed by atoms with Crippen molar-refractivity contribution < 1.29 is 27.8 Å². The molecule has 10 nitrogen and oxygen atoms in total. The molecular formula is C23H28F2N6O4. The second kappa shape index (κ2) is 10.4. The van der Waals surface area contributed by atoms with Crippen LogP contribution < -0.4 is 15.5 Å². The molecule has 0 spiro atoms. The summed E-state index contributed by atoms with van der Waals surface area (Å²) in [5, 5.41) is 4.89. The third kappa shape index (κ3) is 5.11. The highest BCUT2D eigenvalue weighted by atomic mass is 19.1. The number of hydrogen-bond donors (Lipinski definition) is 2. The molecule has 0 aliphatic carbocycles. The van der Waals surface area contributed by atoms with Gasteiger partial charge in [-0.05, 0) is 32.9 Å². The van der Waals surface area contributed by atoms with Crippen LogP contribution in [0.3, 0.4) is 0 Å². The maximum atomic E-state index is 15.1. The van der Waals surface area contributed by atoms with Crippen molar-refractivity contribution in [2.45, 2.75) is 39.9 Å². The number of benzene rings is 1. The van der Waals surface area contributed by atoms with Gasteiger partial charge in [0.1, 0.15) is 17.5 Å². The number of amides is 3. The summed E-state index contributed by atoms with van der Waals surface area (Å²) < 4.78 is 40.9. The van der Waals surface area contributed by atoms with E-state index in [0.29, 0.717) is 43.4 Å². The molecule has 2 aliphatic heterocycles. The minimum absolute atomic E-state index is 0.0358. The van der Waals surface area contributed by atoms with Crippen molar-refractivity contribution in [2.75, 3.05) is 43.1 Å². The van der Waals surface area contributed by atoms with Crippen LogP contribution in [-0.4, -0.2) is 65.9 Å². The van der Waals surface area contributed by atoms with E-state index in [2.05, 4.69) is 20.6 Å². The molecule has 1 atom stereocenters. The minimum atomic E-state index is -0.919. The van der Waals surface area contributed by atoms with Gasteiger partial charge < -0.3 is 25.0 Å². The van der Waals surface area contributed by atoms with E-state index in [0.717, 1.165) is 12.1 Å². The zero-order valence-corrected chi connectivity index (χ0v) is 19.9. The molecular weight excluding hydrogens is 462 g/mol. The largest absolute Gasteiger partial charge is 0.450 e. The van der Waals surface area contributed by atoms with Gasteiger partial charge in [0.2, 0.25) is 0 Å². The van der Waals surface area contributed by atoms with E-state index in [1.807, 2.05) is 11.8 Å². The Morgan fingerprint density at radius 1 is 1.20 bits per heavy atom. The Morgan fingerprint density at radius 2 is 1.94 bits per heavy atom. The third-order valence-electron chi connectivity index (χ3n) is 5.79. The molecule has 0 saturated carbocycles. The lowest BCUT2D eigenvalue weighted by atomic mass is 10.1. The standard InChI is InChI=1S/C23H28F2N6O4/c1-4-26-22(32)27-14-8-16(24)19(17(25)9-14)20-28-18-11-30(23(33)35-5-2)10-15(18)21(29-20)31-6-7-34-12-13(31)3/h8-9,13H,4-7,10-12H2,1-3H3,(H2,26,27,32)/t13-/m0/s1. The number of nitrogens with one attached hydrogen (secondary N) is 2. The topological polar surface area (TPSA) is 109 Å². The van der Waals surface area contributed by atoms with E-state index in [1.165, 1.54) is 4.90 Å². The Bertz CT molecular complexity index is 1110. The fraction of sp³-hybridized carbons (Fsp3) is 0.478. The van der Waals surface area contributed by atoms with Gasteiger partial charge in [-0.3, -0.25) is 4.90 Å². The summed E-state index contributed by atoms with van der Waals surface area (Å²) in [5.41, 5.74) is 0.767. The monoisotopic (exact) mass is 490 g/mol. The van der Waals surface area contributed by atoms with Crippen LogP contribution in [0.25, 0.3) is 11.4 Å². The van der Waals surface area contributed by atoms with Gasteiger partial charge in [0.25, 0.3) is 0 Å². The predicted octanol–water partition coefficient (Wildman–Crippen LogP) is 3.26. The summed E-state index contributed by atoms with van der Waals surface area (Å²) in [6.45, 7) is 7.84. The van der Waals surface area contributed by atoms with Gasteiger partial charge in [-0.2, -0.15) is 0 Å². The lowest BCUT2D eigenvalue weighted by Crippen LogP contribution is -2.44. The van der Waals surface area contributed by atoms with E-state index < -0.39 is 29.3 Å². The highest BCUT2D eigenvalue weighted by molar-refractivity contribution is 5.89. The maximum absolute atomic E-state index is 15.1. The molecule has 3 amide bonds. The number of hydrogen-bond acceptors (Lipinski definition) is 7. The van der Waals surface area contributed by atoms with Gasteiger partial charge in [-0.15, -0.1) is 0 Å². The first kappa shape index (κ1) is 24.6. The molecule has 2 aliphatic rings. The van der Waals surface area contributed by atoms with Crippen molar-refractivity contribution in [2.24, 2.45) is 0 Å². The van der Waals surface area contributed by atoms with Gasteiger partial charge >= 0.3 is 12.1 Å². The summed E-state index contributed by atoms with van der Waals surface area (Å²) in [5.74, 6) is -1.46. The first-order chi connectivity index (χ1) is 16.8. The van der Waals surface area contributed by atoms with Crippen LogP contribution in [0.1, 0.15) is 32.0 Å². The number of rotatable bonds is 5. The minimum Gasteiger partial charge on any atom is -0.450 e. The van der Waals surface area contributed by atoms with E-state index in [1.54, 1.807) is 13.8 Å². The maximum Gasteiger partial charge on any atom is 0.410 e. The molecule has 1 saturated heterocycles. The van der Waals surface area contributed by atoms with Crippen LogP contribution in [0, 0.1) is 11.6 Å². The number of anilines is 2. The number of fused-ring (bicyclic) bond motifs is 1. The number of carbonyl (C=O) groups excluding carboxylic acids is 2. The SMILES string of the molecule is CCNC(=O)Nc1cc(F)c(-c2nc3c(c(N4CCOC[C@@H]4C)n2)CN(C(=O)OCC)C3)c(F)c1. The number of halogens is 2. The van der Waals surface area contributed by atoms with E-state index in [-0.39, 0.29) is 37.3 Å². The van der Waals surface area contributed by atoms with E-state index in [9.17, 15) is 9.59 Å². The number of nitrogens with zero attached hydrogens (tertiary/aromatic N) is 4. The number of ether oxygens (including phenoxy) is 2.